The van der Waals surface area contributed by atoms with Crippen molar-refractivity contribution in [3.63, 3.8) is 0 Å². The topological polar surface area (TPSA) is 72.2 Å². The highest BCUT2D eigenvalue weighted by atomic mass is 35.5. The lowest BCUT2D eigenvalue weighted by Crippen LogP contribution is -2.29. The Balaban J connectivity index is 2.39. The van der Waals surface area contributed by atoms with Crippen LogP contribution >= 0.6 is 11.6 Å². The van der Waals surface area contributed by atoms with Crippen molar-refractivity contribution in [3.8, 4) is 0 Å². The van der Waals surface area contributed by atoms with Gasteiger partial charge in [0.05, 0.1) is 0 Å². The fraction of sp³-hybridized carbons (Fsp3) is 0.333. The number of halogens is 1. The number of carbonyl (C=O) groups is 2. The van der Waals surface area contributed by atoms with Gasteiger partial charge in [0.1, 0.15) is 0 Å². The van der Waals surface area contributed by atoms with E-state index in [1.165, 1.54) is 0 Å². The summed E-state index contributed by atoms with van der Waals surface area (Å²) in [5.74, 6) is -0.220. The minimum absolute atomic E-state index is 0.0652. The van der Waals surface area contributed by atoms with Crippen molar-refractivity contribution in [1.82, 2.24) is 5.32 Å². The van der Waals surface area contributed by atoms with Gasteiger partial charge in [0, 0.05) is 36.5 Å². The molecule has 1 amide bonds. The lowest BCUT2D eigenvalue weighted by Gasteiger charge is -2.03. The maximum Gasteiger partial charge on any atom is 0.220 e. The minimum Gasteiger partial charge on any atom is -0.355 e. The Labute approximate surface area is 105 Å². The van der Waals surface area contributed by atoms with Gasteiger partial charge < -0.3 is 11.1 Å². The van der Waals surface area contributed by atoms with E-state index in [0.717, 1.165) is 0 Å². The third-order valence-electron chi connectivity index (χ3n) is 2.21. The van der Waals surface area contributed by atoms with Gasteiger partial charge in [-0.25, -0.2) is 0 Å². The standard InChI is InChI=1S/C12H15ClN2O2/c13-10-3-1-9(2-4-10)11(16)5-6-12(17)15-8-7-14/h1-4H,5-8,14H2,(H,15,17). The Bertz CT molecular complexity index is 390. The van der Waals surface area contributed by atoms with Crippen LogP contribution in [-0.2, 0) is 4.79 Å². The van der Waals surface area contributed by atoms with E-state index in [0.29, 0.717) is 23.7 Å². The van der Waals surface area contributed by atoms with E-state index in [9.17, 15) is 9.59 Å². The first-order valence-corrected chi connectivity index (χ1v) is 5.77. The molecule has 0 atom stereocenters. The van der Waals surface area contributed by atoms with E-state index in [4.69, 9.17) is 17.3 Å². The van der Waals surface area contributed by atoms with Gasteiger partial charge in [0.15, 0.2) is 5.78 Å². The molecule has 0 heterocycles. The van der Waals surface area contributed by atoms with Crippen LogP contribution in [0.4, 0.5) is 0 Å². The molecule has 3 N–H and O–H groups in total. The molecule has 1 aromatic carbocycles. The first kappa shape index (κ1) is 13.7. The van der Waals surface area contributed by atoms with Crippen LogP contribution in [-0.4, -0.2) is 24.8 Å². The lowest BCUT2D eigenvalue weighted by molar-refractivity contribution is -0.121. The molecule has 0 unspecified atom stereocenters. The molecule has 5 heteroatoms. The smallest absolute Gasteiger partial charge is 0.220 e. The summed E-state index contributed by atoms with van der Waals surface area (Å²) in [4.78, 5) is 22.9. The van der Waals surface area contributed by atoms with Crippen LogP contribution < -0.4 is 11.1 Å². The zero-order valence-electron chi connectivity index (χ0n) is 9.41. The minimum atomic E-state index is -0.155. The highest BCUT2D eigenvalue weighted by Crippen LogP contribution is 2.11. The van der Waals surface area contributed by atoms with Gasteiger partial charge >= 0.3 is 0 Å². The molecule has 0 aliphatic carbocycles. The number of Topliss-reactive ketones (excluding diaryl/α,β-unsaturated/α-hetero) is 1. The highest BCUT2D eigenvalue weighted by Gasteiger charge is 2.08. The molecule has 17 heavy (non-hydrogen) atoms. The van der Waals surface area contributed by atoms with Crippen LogP contribution in [0.15, 0.2) is 24.3 Å². The van der Waals surface area contributed by atoms with Gasteiger partial charge in [-0.05, 0) is 24.3 Å². The summed E-state index contributed by atoms with van der Waals surface area (Å²) in [5.41, 5.74) is 5.81. The van der Waals surface area contributed by atoms with Gasteiger partial charge in [0.2, 0.25) is 5.91 Å². The lowest BCUT2D eigenvalue weighted by atomic mass is 10.1. The Kier molecular flexibility index (Phi) is 5.66. The van der Waals surface area contributed by atoms with Gasteiger partial charge in [-0.15, -0.1) is 0 Å². The zero-order chi connectivity index (χ0) is 12.7. The molecule has 0 spiro atoms. The van der Waals surface area contributed by atoms with Crippen molar-refractivity contribution in [2.45, 2.75) is 12.8 Å². The molecule has 0 aliphatic rings. The summed E-state index contributed by atoms with van der Waals surface area (Å²) in [7, 11) is 0. The molecule has 92 valence electrons. The molecule has 0 fully saturated rings. The molecule has 0 saturated carbocycles. The Morgan fingerprint density at radius 1 is 1.18 bits per heavy atom. The van der Waals surface area contributed by atoms with Crippen LogP contribution in [0.3, 0.4) is 0 Å². The molecule has 0 saturated heterocycles. The average molecular weight is 255 g/mol. The second-order valence-electron chi connectivity index (χ2n) is 3.57. The summed E-state index contributed by atoms with van der Waals surface area (Å²) in [6, 6.07) is 6.62. The van der Waals surface area contributed by atoms with E-state index in [1.54, 1.807) is 24.3 Å². The third kappa shape index (κ3) is 4.97. The van der Waals surface area contributed by atoms with Crippen LogP contribution in [0.2, 0.25) is 5.02 Å². The Morgan fingerprint density at radius 3 is 2.41 bits per heavy atom. The summed E-state index contributed by atoms with van der Waals surface area (Å²) < 4.78 is 0. The number of hydrogen-bond donors (Lipinski definition) is 2. The van der Waals surface area contributed by atoms with Crippen molar-refractivity contribution < 1.29 is 9.59 Å². The van der Waals surface area contributed by atoms with Gasteiger partial charge in [-0.3, -0.25) is 9.59 Å². The fourth-order valence-corrected chi connectivity index (χ4v) is 1.43. The molecule has 1 aromatic rings. The number of carbonyl (C=O) groups excluding carboxylic acids is 2. The first-order valence-electron chi connectivity index (χ1n) is 5.39. The maximum atomic E-state index is 11.7. The number of nitrogens with one attached hydrogen (secondary N) is 1. The van der Waals surface area contributed by atoms with Crippen LogP contribution in [0.25, 0.3) is 0 Å². The predicted octanol–water partition coefficient (Wildman–Crippen LogP) is 1.38. The van der Waals surface area contributed by atoms with E-state index in [-0.39, 0.29) is 24.5 Å². The summed E-state index contributed by atoms with van der Waals surface area (Å²) in [6.45, 7) is 0.838. The molecule has 4 nitrogen and oxygen atoms in total. The zero-order valence-corrected chi connectivity index (χ0v) is 10.2. The summed E-state index contributed by atoms with van der Waals surface area (Å²) in [5, 5.41) is 3.20. The molecule has 0 aromatic heterocycles. The van der Waals surface area contributed by atoms with Gasteiger partial charge in [-0.1, -0.05) is 11.6 Å². The number of ketones is 1. The van der Waals surface area contributed by atoms with Crippen molar-refractivity contribution in [3.05, 3.63) is 34.9 Å². The van der Waals surface area contributed by atoms with Crippen LogP contribution in [0.1, 0.15) is 23.2 Å². The first-order chi connectivity index (χ1) is 8.13. The van der Waals surface area contributed by atoms with E-state index in [1.807, 2.05) is 0 Å². The van der Waals surface area contributed by atoms with Crippen molar-refractivity contribution in [1.29, 1.82) is 0 Å². The largest absolute Gasteiger partial charge is 0.355 e. The van der Waals surface area contributed by atoms with Crippen molar-refractivity contribution in [2.24, 2.45) is 5.73 Å². The fourth-order valence-electron chi connectivity index (χ4n) is 1.31. The predicted molar refractivity (Wildman–Crippen MR) is 67.1 cm³/mol. The van der Waals surface area contributed by atoms with Gasteiger partial charge in [-0.2, -0.15) is 0 Å². The summed E-state index contributed by atoms with van der Waals surface area (Å²) in [6.07, 6.45) is 0.375. The number of nitrogens with two attached hydrogens (primary N) is 1. The number of rotatable bonds is 6. The van der Waals surface area contributed by atoms with Crippen molar-refractivity contribution >= 4 is 23.3 Å². The molecular formula is C12H15ClN2O2. The molecule has 0 bridgehead atoms. The highest BCUT2D eigenvalue weighted by molar-refractivity contribution is 6.30. The summed E-state index contributed by atoms with van der Waals surface area (Å²) >= 11 is 5.71. The second kappa shape index (κ2) is 7.04. The molecule has 1 rings (SSSR count). The van der Waals surface area contributed by atoms with Crippen LogP contribution in [0, 0.1) is 0 Å². The SMILES string of the molecule is NCCNC(=O)CCC(=O)c1ccc(Cl)cc1. The monoisotopic (exact) mass is 254 g/mol. The number of benzene rings is 1. The Morgan fingerprint density at radius 2 is 1.82 bits per heavy atom. The van der Waals surface area contributed by atoms with E-state index >= 15 is 0 Å². The number of hydrogen-bond acceptors (Lipinski definition) is 3. The Hall–Kier alpha value is -1.39. The van der Waals surface area contributed by atoms with E-state index in [2.05, 4.69) is 5.32 Å². The average Bonchev–Trinajstić information content (AvgIpc) is 2.34. The number of amides is 1. The van der Waals surface area contributed by atoms with Crippen molar-refractivity contribution in [2.75, 3.05) is 13.1 Å². The molecule has 0 aliphatic heterocycles. The third-order valence-corrected chi connectivity index (χ3v) is 2.46. The van der Waals surface area contributed by atoms with Gasteiger partial charge in [0.25, 0.3) is 0 Å². The van der Waals surface area contributed by atoms with Crippen LogP contribution in [0.5, 0.6) is 0 Å². The maximum absolute atomic E-state index is 11.7. The van der Waals surface area contributed by atoms with E-state index < -0.39 is 0 Å². The normalized spacial score (nSPS) is 10.0. The second-order valence-corrected chi connectivity index (χ2v) is 4.01. The molecular weight excluding hydrogens is 240 g/mol. The molecule has 0 radical (unpaired) electrons. The quantitative estimate of drug-likeness (QED) is 0.754.